The number of aromatic nitrogens is 3. The van der Waals surface area contributed by atoms with Gasteiger partial charge < -0.3 is 20.1 Å². The summed E-state index contributed by atoms with van der Waals surface area (Å²) in [6.07, 6.45) is 2.16. The van der Waals surface area contributed by atoms with Gasteiger partial charge in [-0.25, -0.2) is 9.97 Å². The number of aryl methyl sites for hydroxylation is 1. The van der Waals surface area contributed by atoms with Gasteiger partial charge in [0, 0.05) is 43.9 Å². The molecular weight excluding hydrogens is 462 g/mol. The Labute approximate surface area is 201 Å². The lowest BCUT2D eigenvalue weighted by atomic mass is 9.95. The number of ether oxygens (including phenoxy) is 2. The van der Waals surface area contributed by atoms with E-state index in [1.807, 2.05) is 25.3 Å². The number of nitrogens with one attached hydrogen (secondary N) is 2. The number of anilines is 1. The van der Waals surface area contributed by atoms with Gasteiger partial charge in [0.15, 0.2) is 0 Å². The van der Waals surface area contributed by atoms with Crippen molar-refractivity contribution < 1.29 is 9.47 Å². The van der Waals surface area contributed by atoms with Crippen LogP contribution >= 0.6 is 22.9 Å². The summed E-state index contributed by atoms with van der Waals surface area (Å²) in [4.78, 5) is 23.1. The van der Waals surface area contributed by atoms with Crippen molar-refractivity contribution in [2.45, 2.75) is 31.9 Å². The smallest absolute Gasteiger partial charge is 0.277 e. The van der Waals surface area contributed by atoms with Crippen LogP contribution in [0.25, 0.3) is 11.4 Å². The lowest BCUT2D eigenvalue weighted by Crippen LogP contribution is -2.49. The Hall–Kier alpha value is -2.46. The van der Waals surface area contributed by atoms with Crippen LogP contribution in [0.4, 0.5) is 5.69 Å². The van der Waals surface area contributed by atoms with Crippen molar-refractivity contribution in [3.8, 4) is 17.1 Å². The predicted molar refractivity (Wildman–Crippen MR) is 132 cm³/mol. The van der Waals surface area contributed by atoms with Crippen molar-refractivity contribution in [3.63, 3.8) is 0 Å². The first-order chi connectivity index (χ1) is 15.9. The molecule has 33 heavy (non-hydrogen) atoms. The summed E-state index contributed by atoms with van der Waals surface area (Å²) in [6, 6.07) is 5.34. The molecule has 4 rings (SSSR count). The van der Waals surface area contributed by atoms with Crippen LogP contribution in [0, 0.1) is 0 Å². The lowest BCUT2D eigenvalue weighted by Gasteiger charge is -2.34. The first-order valence-electron chi connectivity index (χ1n) is 10.9. The first-order valence-corrected chi connectivity index (χ1v) is 12.1. The molecule has 1 aliphatic rings. The molecule has 3 aromatic rings. The second-order valence-corrected chi connectivity index (χ2v) is 9.13. The molecule has 3 heterocycles. The molecule has 0 bridgehead atoms. The Morgan fingerprint density at radius 3 is 2.85 bits per heavy atom. The van der Waals surface area contributed by atoms with Gasteiger partial charge in [-0.3, -0.25) is 9.36 Å². The van der Waals surface area contributed by atoms with E-state index in [0.29, 0.717) is 59.7 Å². The van der Waals surface area contributed by atoms with Crippen molar-refractivity contribution in [3.05, 3.63) is 55.9 Å². The van der Waals surface area contributed by atoms with E-state index in [1.165, 1.54) is 4.57 Å². The summed E-state index contributed by atoms with van der Waals surface area (Å²) in [5.74, 6) is 1.15. The highest BCUT2D eigenvalue weighted by Gasteiger charge is 2.48. The third-order valence-electron chi connectivity index (χ3n) is 5.93. The SMILES string of the molecule is CCO[C@H]1CNC[C@]1(Nc1c(CC)nc(-c2ccc(OC)cc2Cl)n(C)c1=O)c1nccs1. The molecule has 0 spiro atoms. The molecule has 2 atom stereocenters. The molecule has 0 saturated carbocycles. The quantitative estimate of drug-likeness (QED) is 0.501. The summed E-state index contributed by atoms with van der Waals surface area (Å²) in [5.41, 5.74) is 0.945. The summed E-state index contributed by atoms with van der Waals surface area (Å²) in [6.45, 7) is 5.76. The molecule has 2 aromatic heterocycles. The normalized spacial score (nSPS) is 20.2. The zero-order valence-electron chi connectivity index (χ0n) is 19.1. The van der Waals surface area contributed by atoms with Gasteiger partial charge in [0.1, 0.15) is 33.9 Å². The number of hydrogen-bond donors (Lipinski definition) is 2. The van der Waals surface area contributed by atoms with Crippen molar-refractivity contribution in [2.75, 3.05) is 32.1 Å². The van der Waals surface area contributed by atoms with Gasteiger partial charge in [0.25, 0.3) is 5.56 Å². The van der Waals surface area contributed by atoms with Crippen LogP contribution < -0.4 is 20.9 Å². The number of hydrogen-bond acceptors (Lipinski definition) is 8. The maximum atomic E-state index is 13.7. The van der Waals surface area contributed by atoms with Crippen LogP contribution in [0.5, 0.6) is 5.75 Å². The number of nitrogens with zero attached hydrogens (tertiary/aromatic N) is 3. The fourth-order valence-electron chi connectivity index (χ4n) is 4.22. The minimum atomic E-state index is -0.665. The van der Waals surface area contributed by atoms with E-state index in [4.69, 9.17) is 26.1 Å². The minimum absolute atomic E-state index is 0.179. The van der Waals surface area contributed by atoms with E-state index in [1.54, 1.807) is 43.8 Å². The highest BCUT2D eigenvalue weighted by molar-refractivity contribution is 7.09. The molecule has 1 fully saturated rings. The maximum Gasteiger partial charge on any atom is 0.277 e. The van der Waals surface area contributed by atoms with Crippen molar-refractivity contribution in [2.24, 2.45) is 7.05 Å². The number of benzene rings is 1. The topological polar surface area (TPSA) is 90.3 Å². The maximum absolute atomic E-state index is 13.7. The largest absolute Gasteiger partial charge is 0.497 e. The molecule has 0 aliphatic carbocycles. The number of methoxy groups -OCH3 is 1. The number of thiazole rings is 1. The molecule has 0 radical (unpaired) electrons. The highest BCUT2D eigenvalue weighted by atomic mass is 35.5. The molecule has 1 saturated heterocycles. The molecular formula is C23H28ClN5O3S. The van der Waals surface area contributed by atoms with E-state index in [9.17, 15) is 4.79 Å². The van der Waals surface area contributed by atoms with Gasteiger partial charge in [-0.15, -0.1) is 11.3 Å². The van der Waals surface area contributed by atoms with E-state index in [0.717, 1.165) is 5.01 Å². The van der Waals surface area contributed by atoms with Crippen molar-refractivity contribution in [1.82, 2.24) is 19.9 Å². The molecule has 1 aliphatic heterocycles. The van der Waals surface area contributed by atoms with Gasteiger partial charge in [-0.05, 0) is 31.5 Å². The zero-order chi connectivity index (χ0) is 23.6. The molecule has 1 aromatic carbocycles. The second kappa shape index (κ2) is 9.80. The van der Waals surface area contributed by atoms with Gasteiger partial charge in [0.05, 0.1) is 17.8 Å². The van der Waals surface area contributed by atoms with Crippen LogP contribution in [0.15, 0.2) is 34.6 Å². The second-order valence-electron chi connectivity index (χ2n) is 7.83. The van der Waals surface area contributed by atoms with Gasteiger partial charge >= 0.3 is 0 Å². The Bertz CT molecular complexity index is 1180. The minimum Gasteiger partial charge on any atom is -0.497 e. The Balaban J connectivity index is 1.83. The van der Waals surface area contributed by atoms with Crippen LogP contribution in [0.2, 0.25) is 5.02 Å². The Morgan fingerprint density at radius 2 is 2.21 bits per heavy atom. The van der Waals surface area contributed by atoms with Crippen LogP contribution in [0.3, 0.4) is 0 Å². The lowest BCUT2D eigenvalue weighted by molar-refractivity contribution is 0.0396. The first kappa shape index (κ1) is 23.7. The van der Waals surface area contributed by atoms with Crippen LogP contribution in [0.1, 0.15) is 24.5 Å². The van der Waals surface area contributed by atoms with E-state index in [-0.39, 0.29) is 11.7 Å². The predicted octanol–water partition coefficient (Wildman–Crippen LogP) is 3.44. The fraction of sp³-hybridized carbons (Fsp3) is 0.435. The van der Waals surface area contributed by atoms with Crippen molar-refractivity contribution in [1.29, 1.82) is 0 Å². The molecule has 10 heteroatoms. The third-order valence-corrected chi connectivity index (χ3v) is 7.19. The average molecular weight is 490 g/mol. The van der Waals surface area contributed by atoms with E-state index < -0.39 is 5.54 Å². The van der Waals surface area contributed by atoms with E-state index in [2.05, 4.69) is 15.6 Å². The van der Waals surface area contributed by atoms with Crippen LogP contribution in [-0.4, -0.2) is 47.4 Å². The van der Waals surface area contributed by atoms with E-state index >= 15 is 0 Å². The van der Waals surface area contributed by atoms with Gasteiger partial charge in [0.2, 0.25) is 0 Å². The summed E-state index contributed by atoms with van der Waals surface area (Å²) in [7, 11) is 3.29. The highest BCUT2D eigenvalue weighted by Crippen LogP contribution is 2.36. The Morgan fingerprint density at radius 1 is 1.39 bits per heavy atom. The Kier molecular flexibility index (Phi) is 7.04. The van der Waals surface area contributed by atoms with Crippen LogP contribution in [-0.2, 0) is 23.7 Å². The fourth-order valence-corrected chi connectivity index (χ4v) is 5.31. The summed E-state index contributed by atoms with van der Waals surface area (Å²) >= 11 is 8.05. The van der Waals surface area contributed by atoms with Gasteiger partial charge in [-0.1, -0.05) is 18.5 Å². The average Bonchev–Trinajstić information content (AvgIpc) is 3.49. The molecule has 0 unspecified atom stereocenters. The monoisotopic (exact) mass is 489 g/mol. The van der Waals surface area contributed by atoms with Gasteiger partial charge in [-0.2, -0.15) is 0 Å². The standard InChI is InChI=1S/C23H28ClN5O3S/c1-5-17-19(28-23(22-26-9-10-33-22)13-25-12-18(23)32-6-2)21(30)29(3)20(27-17)15-8-7-14(31-4)11-16(15)24/h7-11,18,25,28H,5-6,12-13H2,1-4H3/t18-,23+/m0/s1. The third kappa shape index (κ3) is 4.26. The zero-order valence-corrected chi connectivity index (χ0v) is 20.7. The summed E-state index contributed by atoms with van der Waals surface area (Å²) in [5, 5.41) is 10.2. The number of halogens is 1. The number of rotatable bonds is 8. The molecule has 2 N–H and O–H groups in total. The molecule has 0 amide bonds. The summed E-state index contributed by atoms with van der Waals surface area (Å²) < 4.78 is 12.9. The van der Waals surface area contributed by atoms with Crippen molar-refractivity contribution >= 4 is 28.6 Å². The molecule has 176 valence electrons. The molecule has 8 nitrogen and oxygen atoms in total.